The molecule has 0 aliphatic carbocycles. The van der Waals surface area contributed by atoms with Crippen molar-refractivity contribution in [1.29, 1.82) is 0 Å². The van der Waals surface area contributed by atoms with E-state index < -0.39 is 34.9 Å². The first-order valence-electron chi connectivity index (χ1n) is 7.89. The van der Waals surface area contributed by atoms with Crippen LogP contribution in [0.1, 0.15) is 17.9 Å². The normalized spacial score (nSPS) is 13.0. The van der Waals surface area contributed by atoms with Crippen molar-refractivity contribution in [2.24, 2.45) is 0 Å². The first-order chi connectivity index (χ1) is 13.0. The second-order valence-corrected chi connectivity index (χ2v) is 7.99. The lowest BCUT2D eigenvalue weighted by molar-refractivity contribution is -0.137. The van der Waals surface area contributed by atoms with Gasteiger partial charge in [0.1, 0.15) is 5.82 Å². The summed E-state index contributed by atoms with van der Waals surface area (Å²) in [5.74, 6) is -0.186. The second kappa shape index (κ2) is 7.13. The molecule has 0 spiro atoms. The predicted octanol–water partition coefficient (Wildman–Crippen LogP) is 4.27. The van der Waals surface area contributed by atoms with E-state index in [0.29, 0.717) is 16.7 Å². The van der Waals surface area contributed by atoms with Crippen molar-refractivity contribution in [3.8, 4) is 0 Å². The molecule has 0 saturated heterocycles. The van der Waals surface area contributed by atoms with Crippen LogP contribution in [0, 0.1) is 0 Å². The third-order valence-corrected chi connectivity index (χ3v) is 5.94. The smallest absolute Gasteiger partial charge is 0.269 e. The monoisotopic (exact) mass is 419 g/mol. The van der Waals surface area contributed by atoms with Gasteiger partial charge in [-0.05, 0) is 36.4 Å². The van der Waals surface area contributed by atoms with E-state index in [-0.39, 0.29) is 21.8 Å². The van der Waals surface area contributed by atoms with Crippen molar-refractivity contribution >= 4 is 21.1 Å². The summed E-state index contributed by atoms with van der Waals surface area (Å²) in [6, 6.07) is 9.05. The number of aromatic nitrogens is 2. The van der Waals surface area contributed by atoms with Gasteiger partial charge in [0.2, 0.25) is 10.0 Å². The van der Waals surface area contributed by atoms with Gasteiger partial charge in [0.05, 0.1) is 28.0 Å². The molecule has 0 amide bonds. The Morgan fingerprint density at radius 3 is 2.25 bits per heavy atom. The minimum Gasteiger partial charge on any atom is -0.269 e. The van der Waals surface area contributed by atoms with Gasteiger partial charge in [0, 0.05) is 7.05 Å². The highest BCUT2D eigenvalue weighted by molar-refractivity contribution is 7.89. The van der Waals surface area contributed by atoms with E-state index in [1.807, 2.05) is 0 Å². The van der Waals surface area contributed by atoms with Crippen LogP contribution in [0.15, 0.2) is 53.4 Å². The first kappa shape index (κ1) is 20.2. The molecule has 3 rings (SSSR count). The van der Waals surface area contributed by atoms with Crippen LogP contribution in [0.2, 0.25) is 0 Å². The van der Waals surface area contributed by atoms with Crippen molar-refractivity contribution in [2.45, 2.75) is 24.2 Å². The largest absolute Gasteiger partial charge is 0.416 e. The van der Waals surface area contributed by atoms with Crippen LogP contribution in [0.5, 0.6) is 0 Å². The summed E-state index contributed by atoms with van der Waals surface area (Å²) in [7, 11) is -3.07. The molecule has 0 bridgehead atoms. The van der Waals surface area contributed by atoms with E-state index in [0.717, 1.165) is 23.5 Å². The highest BCUT2D eigenvalue weighted by Crippen LogP contribution is 2.30. The van der Waals surface area contributed by atoms with Gasteiger partial charge < -0.3 is 0 Å². The number of hydrogen-bond donors (Lipinski definition) is 0. The van der Waals surface area contributed by atoms with Crippen molar-refractivity contribution in [1.82, 2.24) is 13.9 Å². The number of sulfonamides is 1. The molecule has 28 heavy (non-hydrogen) atoms. The Hall–Kier alpha value is -2.53. The third kappa shape index (κ3) is 3.72. The van der Waals surface area contributed by atoms with E-state index in [1.54, 1.807) is 12.1 Å². The summed E-state index contributed by atoms with van der Waals surface area (Å²) in [4.78, 5) is 3.67. The van der Waals surface area contributed by atoms with Crippen molar-refractivity contribution in [2.75, 3.05) is 7.05 Å². The topological polar surface area (TPSA) is 55.2 Å². The molecule has 1 heterocycles. The number of hydrogen-bond acceptors (Lipinski definition) is 3. The average molecular weight is 419 g/mol. The molecule has 0 radical (unpaired) electrons. The van der Waals surface area contributed by atoms with Crippen molar-refractivity contribution < 1.29 is 30.4 Å². The number of nitrogens with zero attached hydrogens (tertiary/aromatic N) is 3. The van der Waals surface area contributed by atoms with E-state index in [4.69, 9.17) is 0 Å². The summed E-state index contributed by atoms with van der Waals surface area (Å²) >= 11 is 0. The summed E-state index contributed by atoms with van der Waals surface area (Å²) in [6.07, 6.45) is -4.60. The number of imidazole rings is 1. The fourth-order valence-corrected chi connectivity index (χ4v) is 3.83. The predicted molar refractivity (Wildman–Crippen MR) is 91.1 cm³/mol. The second-order valence-electron chi connectivity index (χ2n) is 5.95. The molecule has 0 N–H and O–H groups in total. The fraction of sp³-hybridized carbons (Fsp3) is 0.235. The maximum Gasteiger partial charge on any atom is 0.416 e. The van der Waals surface area contributed by atoms with E-state index >= 15 is 0 Å². The molecule has 150 valence electrons. The zero-order valence-corrected chi connectivity index (χ0v) is 15.2. The van der Waals surface area contributed by atoms with Gasteiger partial charge in [-0.2, -0.15) is 26.3 Å². The SMILES string of the molecule is CN(Cc1nc2ccccc2n1C(F)F)S(=O)(=O)c1ccc(C(F)(F)F)cc1. The average Bonchev–Trinajstić information content (AvgIpc) is 2.99. The number of fused-ring (bicyclic) bond motifs is 1. The summed E-state index contributed by atoms with van der Waals surface area (Å²) in [6.45, 7) is -3.42. The summed E-state index contributed by atoms with van der Waals surface area (Å²) in [5, 5.41) is 0. The molecule has 0 unspecified atom stereocenters. The molecular formula is C17H14F5N3O2S. The molecule has 0 aliphatic heterocycles. The fourth-order valence-electron chi connectivity index (χ4n) is 2.70. The van der Waals surface area contributed by atoms with E-state index in [9.17, 15) is 30.4 Å². The number of benzene rings is 2. The number of para-hydroxylation sites is 2. The standard InChI is InChI=1S/C17H14F5N3O2S/c1-24(28(26,27)12-8-6-11(7-9-12)17(20,21)22)10-15-23-13-4-2-3-5-14(13)25(15)16(18)19/h2-9,16H,10H2,1H3. The lowest BCUT2D eigenvalue weighted by atomic mass is 10.2. The van der Waals surface area contributed by atoms with Crippen LogP contribution in [0.4, 0.5) is 22.0 Å². The molecule has 0 saturated carbocycles. The first-order valence-corrected chi connectivity index (χ1v) is 9.33. The Morgan fingerprint density at radius 2 is 1.68 bits per heavy atom. The minimum atomic E-state index is -4.60. The molecule has 5 nitrogen and oxygen atoms in total. The Balaban J connectivity index is 1.93. The molecule has 0 atom stereocenters. The van der Waals surface area contributed by atoms with Crippen LogP contribution in [0.25, 0.3) is 11.0 Å². The van der Waals surface area contributed by atoms with Gasteiger partial charge in [-0.25, -0.2) is 13.4 Å². The zero-order chi connectivity index (χ0) is 20.7. The Bertz CT molecular complexity index is 1090. The maximum absolute atomic E-state index is 13.5. The van der Waals surface area contributed by atoms with Crippen LogP contribution < -0.4 is 0 Å². The van der Waals surface area contributed by atoms with Gasteiger partial charge in [-0.15, -0.1) is 0 Å². The van der Waals surface area contributed by atoms with Gasteiger partial charge in [0.25, 0.3) is 0 Å². The molecule has 3 aromatic rings. The number of halogens is 5. The van der Waals surface area contributed by atoms with Crippen molar-refractivity contribution in [3.05, 3.63) is 59.9 Å². The van der Waals surface area contributed by atoms with Gasteiger partial charge >= 0.3 is 12.7 Å². The molecule has 2 aromatic carbocycles. The summed E-state index contributed by atoms with van der Waals surface area (Å²) < 4.78 is 91.5. The van der Waals surface area contributed by atoms with E-state index in [1.165, 1.54) is 12.1 Å². The van der Waals surface area contributed by atoms with Crippen LogP contribution in [-0.4, -0.2) is 29.3 Å². The molecular weight excluding hydrogens is 405 g/mol. The molecule has 0 aliphatic rings. The quantitative estimate of drug-likeness (QED) is 0.581. The minimum absolute atomic E-state index is 0.146. The Kier molecular flexibility index (Phi) is 5.15. The van der Waals surface area contributed by atoms with Crippen LogP contribution in [-0.2, 0) is 22.7 Å². The Morgan fingerprint density at radius 1 is 1.07 bits per heavy atom. The third-order valence-electron chi connectivity index (χ3n) is 4.12. The zero-order valence-electron chi connectivity index (χ0n) is 14.4. The van der Waals surface area contributed by atoms with Crippen LogP contribution in [0.3, 0.4) is 0 Å². The van der Waals surface area contributed by atoms with Crippen molar-refractivity contribution in [3.63, 3.8) is 0 Å². The molecule has 0 fully saturated rings. The summed E-state index contributed by atoms with van der Waals surface area (Å²) in [5.41, 5.74) is -0.570. The highest BCUT2D eigenvalue weighted by atomic mass is 32.2. The van der Waals surface area contributed by atoms with Crippen LogP contribution >= 0.6 is 0 Å². The Labute approximate surface area is 157 Å². The van der Waals surface area contributed by atoms with Gasteiger partial charge in [-0.3, -0.25) is 4.57 Å². The number of alkyl halides is 5. The number of rotatable bonds is 5. The highest BCUT2D eigenvalue weighted by Gasteiger charge is 2.31. The molecule has 1 aromatic heterocycles. The van der Waals surface area contributed by atoms with Gasteiger partial charge in [-0.1, -0.05) is 12.1 Å². The lowest BCUT2D eigenvalue weighted by Gasteiger charge is -2.18. The maximum atomic E-state index is 13.5. The van der Waals surface area contributed by atoms with Gasteiger partial charge in [0.15, 0.2) is 0 Å². The van der Waals surface area contributed by atoms with E-state index in [2.05, 4.69) is 4.98 Å². The molecule has 11 heteroatoms. The lowest BCUT2D eigenvalue weighted by Crippen LogP contribution is -2.28.